The number of aliphatic hydroxyl groups is 1. The number of rotatable bonds is 3. The van der Waals surface area contributed by atoms with Gasteiger partial charge in [0.15, 0.2) is 0 Å². The molecule has 1 aromatic rings. The van der Waals surface area contributed by atoms with E-state index in [9.17, 15) is 5.11 Å². The van der Waals surface area contributed by atoms with Crippen LogP contribution in [0.25, 0.3) is 0 Å². The fourth-order valence-corrected chi connectivity index (χ4v) is 2.97. The van der Waals surface area contributed by atoms with Gasteiger partial charge in [-0.1, -0.05) is 36.8 Å². The first kappa shape index (κ1) is 11.6. The van der Waals surface area contributed by atoms with Gasteiger partial charge in [-0.3, -0.25) is 0 Å². The van der Waals surface area contributed by atoms with Crippen molar-refractivity contribution in [2.75, 3.05) is 7.05 Å². The molecule has 3 atom stereocenters. The number of nitrogens with one attached hydrogen (secondary N) is 1. The molecule has 2 nitrogen and oxygen atoms in total. The highest BCUT2D eigenvalue weighted by Crippen LogP contribution is 2.40. The van der Waals surface area contributed by atoms with Gasteiger partial charge in [0, 0.05) is 12.0 Å². The van der Waals surface area contributed by atoms with Crippen LogP contribution in [0, 0.1) is 5.92 Å². The quantitative estimate of drug-likeness (QED) is 0.817. The first-order valence-electron chi connectivity index (χ1n) is 6.11. The van der Waals surface area contributed by atoms with Crippen molar-refractivity contribution in [1.82, 2.24) is 5.32 Å². The standard InChI is InChI=1S/C14H21NO/c1-14(16,11-7-4-3-5-8-11)12-9-6-10-13(12)15-2/h3-5,7-8,12-13,15-16H,6,9-10H2,1-2H3/t12?,13-,14+/m0/s1. The molecule has 0 amide bonds. The van der Waals surface area contributed by atoms with E-state index in [0.717, 1.165) is 12.0 Å². The van der Waals surface area contributed by atoms with E-state index in [4.69, 9.17) is 0 Å². The van der Waals surface area contributed by atoms with E-state index in [1.54, 1.807) is 0 Å². The average molecular weight is 219 g/mol. The summed E-state index contributed by atoms with van der Waals surface area (Å²) in [7, 11) is 1.99. The Bertz CT molecular complexity index is 334. The fourth-order valence-electron chi connectivity index (χ4n) is 2.97. The van der Waals surface area contributed by atoms with E-state index in [1.807, 2.05) is 44.3 Å². The van der Waals surface area contributed by atoms with Gasteiger partial charge in [0.1, 0.15) is 0 Å². The van der Waals surface area contributed by atoms with Crippen LogP contribution in [-0.2, 0) is 5.60 Å². The predicted molar refractivity (Wildman–Crippen MR) is 66.2 cm³/mol. The number of hydrogen-bond acceptors (Lipinski definition) is 2. The van der Waals surface area contributed by atoms with Crippen LogP contribution in [0.15, 0.2) is 30.3 Å². The normalized spacial score (nSPS) is 28.9. The molecule has 2 N–H and O–H groups in total. The molecule has 0 aliphatic heterocycles. The summed E-state index contributed by atoms with van der Waals surface area (Å²) in [5.74, 6) is 0.319. The van der Waals surface area contributed by atoms with Crippen LogP contribution in [0.5, 0.6) is 0 Å². The zero-order valence-electron chi connectivity index (χ0n) is 10.1. The van der Waals surface area contributed by atoms with E-state index in [1.165, 1.54) is 12.8 Å². The Balaban J connectivity index is 2.24. The predicted octanol–water partition coefficient (Wildman–Crippen LogP) is 2.28. The van der Waals surface area contributed by atoms with Gasteiger partial charge in [-0.05, 0) is 32.4 Å². The van der Waals surface area contributed by atoms with Crippen LogP contribution in [0.3, 0.4) is 0 Å². The van der Waals surface area contributed by atoms with Crippen LogP contribution in [0.2, 0.25) is 0 Å². The monoisotopic (exact) mass is 219 g/mol. The maximum Gasteiger partial charge on any atom is 0.0911 e. The lowest BCUT2D eigenvalue weighted by molar-refractivity contribution is -0.0132. The van der Waals surface area contributed by atoms with Crippen LogP contribution in [0.1, 0.15) is 31.7 Å². The van der Waals surface area contributed by atoms with Crippen molar-refractivity contribution in [2.24, 2.45) is 5.92 Å². The second-order valence-electron chi connectivity index (χ2n) is 4.95. The summed E-state index contributed by atoms with van der Waals surface area (Å²) < 4.78 is 0. The Morgan fingerprint density at radius 3 is 2.56 bits per heavy atom. The molecule has 0 aromatic heterocycles. The van der Waals surface area contributed by atoms with Gasteiger partial charge in [0.05, 0.1) is 5.60 Å². The van der Waals surface area contributed by atoms with Crippen molar-refractivity contribution in [3.63, 3.8) is 0 Å². The highest BCUT2D eigenvalue weighted by Gasteiger charge is 2.40. The van der Waals surface area contributed by atoms with Gasteiger partial charge in [0.2, 0.25) is 0 Å². The molecule has 16 heavy (non-hydrogen) atoms. The van der Waals surface area contributed by atoms with E-state index in [2.05, 4.69) is 5.32 Å². The number of hydrogen-bond donors (Lipinski definition) is 2. The van der Waals surface area contributed by atoms with Gasteiger partial charge >= 0.3 is 0 Å². The zero-order chi connectivity index (χ0) is 11.6. The lowest BCUT2D eigenvalue weighted by Crippen LogP contribution is -2.42. The van der Waals surface area contributed by atoms with Gasteiger partial charge in [-0.25, -0.2) is 0 Å². The molecule has 2 heteroatoms. The Labute approximate surface area is 97.7 Å². The van der Waals surface area contributed by atoms with Crippen LogP contribution in [-0.4, -0.2) is 18.2 Å². The van der Waals surface area contributed by atoms with Crippen LogP contribution < -0.4 is 5.32 Å². The molecular formula is C14H21NO. The Hall–Kier alpha value is -0.860. The Morgan fingerprint density at radius 1 is 1.25 bits per heavy atom. The molecule has 88 valence electrons. The van der Waals surface area contributed by atoms with E-state index in [0.29, 0.717) is 12.0 Å². The lowest BCUT2D eigenvalue weighted by atomic mass is 9.80. The van der Waals surface area contributed by atoms with Gasteiger partial charge in [0.25, 0.3) is 0 Å². The third kappa shape index (κ3) is 2.00. The van der Waals surface area contributed by atoms with Crippen molar-refractivity contribution in [1.29, 1.82) is 0 Å². The van der Waals surface area contributed by atoms with Gasteiger partial charge in [-0.15, -0.1) is 0 Å². The Kier molecular flexibility index (Phi) is 3.31. The molecule has 2 rings (SSSR count). The summed E-state index contributed by atoms with van der Waals surface area (Å²) in [4.78, 5) is 0. The summed E-state index contributed by atoms with van der Waals surface area (Å²) in [5.41, 5.74) is 0.313. The summed E-state index contributed by atoms with van der Waals surface area (Å²) in [6.07, 6.45) is 3.48. The number of benzene rings is 1. The molecule has 1 aromatic carbocycles. The van der Waals surface area contributed by atoms with E-state index < -0.39 is 5.60 Å². The minimum absolute atomic E-state index is 0.319. The Morgan fingerprint density at radius 2 is 1.94 bits per heavy atom. The van der Waals surface area contributed by atoms with Crippen LogP contribution in [0.4, 0.5) is 0 Å². The molecular weight excluding hydrogens is 198 g/mol. The minimum atomic E-state index is -0.717. The van der Waals surface area contributed by atoms with Crippen LogP contribution >= 0.6 is 0 Å². The van der Waals surface area contributed by atoms with Gasteiger partial charge in [-0.2, -0.15) is 0 Å². The SMILES string of the molecule is CN[C@H]1CCCC1[C@](C)(O)c1ccccc1. The maximum atomic E-state index is 10.7. The average Bonchev–Trinajstić information content (AvgIpc) is 2.79. The third-order valence-corrected chi connectivity index (χ3v) is 3.97. The molecule has 1 aliphatic carbocycles. The maximum absolute atomic E-state index is 10.7. The van der Waals surface area contributed by atoms with Crippen molar-refractivity contribution < 1.29 is 5.11 Å². The summed E-state index contributed by atoms with van der Waals surface area (Å²) in [5, 5.41) is 14.1. The lowest BCUT2D eigenvalue weighted by Gasteiger charge is -2.34. The molecule has 1 fully saturated rings. The molecule has 1 saturated carbocycles. The van der Waals surface area contributed by atoms with Crippen molar-refractivity contribution in [3.8, 4) is 0 Å². The highest BCUT2D eigenvalue weighted by molar-refractivity contribution is 5.23. The van der Waals surface area contributed by atoms with Gasteiger partial charge < -0.3 is 10.4 Å². The molecule has 1 aliphatic rings. The molecule has 0 spiro atoms. The third-order valence-electron chi connectivity index (χ3n) is 3.97. The first-order valence-corrected chi connectivity index (χ1v) is 6.11. The van der Waals surface area contributed by atoms with Crippen molar-refractivity contribution in [2.45, 2.75) is 37.8 Å². The molecule has 0 saturated heterocycles. The molecule has 0 bridgehead atoms. The summed E-state index contributed by atoms with van der Waals surface area (Å²) in [6.45, 7) is 1.95. The second-order valence-corrected chi connectivity index (χ2v) is 4.95. The largest absolute Gasteiger partial charge is 0.385 e. The molecule has 0 radical (unpaired) electrons. The van der Waals surface area contributed by atoms with Crippen molar-refractivity contribution >= 4 is 0 Å². The summed E-state index contributed by atoms with van der Waals surface area (Å²) in [6, 6.07) is 10.5. The molecule has 1 unspecified atom stereocenters. The zero-order valence-corrected chi connectivity index (χ0v) is 10.1. The first-order chi connectivity index (χ1) is 7.66. The highest BCUT2D eigenvalue weighted by atomic mass is 16.3. The smallest absolute Gasteiger partial charge is 0.0911 e. The molecule has 0 heterocycles. The topological polar surface area (TPSA) is 32.3 Å². The minimum Gasteiger partial charge on any atom is -0.385 e. The fraction of sp³-hybridized carbons (Fsp3) is 0.571. The summed E-state index contributed by atoms with van der Waals surface area (Å²) >= 11 is 0. The van der Waals surface area contributed by atoms with E-state index >= 15 is 0 Å². The second kappa shape index (κ2) is 4.56. The van der Waals surface area contributed by atoms with Crippen molar-refractivity contribution in [3.05, 3.63) is 35.9 Å². The van der Waals surface area contributed by atoms with E-state index in [-0.39, 0.29) is 0 Å².